The van der Waals surface area contributed by atoms with Gasteiger partial charge in [-0.2, -0.15) is 0 Å². The van der Waals surface area contributed by atoms with E-state index in [4.69, 9.17) is 9.84 Å². The zero-order valence-electron chi connectivity index (χ0n) is 7.95. The summed E-state index contributed by atoms with van der Waals surface area (Å²) in [6.45, 7) is 4.48. The molecule has 13 heavy (non-hydrogen) atoms. The van der Waals surface area contributed by atoms with Gasteiger partial charge in [0.05, 0.1) is 12.9 Å². The third-order valence-electron chi connectivity index (χ3n) is 1.81. The molecule has 0 saturated heterocycles. The Hall–Kier alpha value is -1.44. The number of allylic oxidation sites excluding steroid dienone is 1. The highest BCUT2D eigenvalue weighted by Gasteiger charge is 1.95. The first kappa shape index (κ1) is 9.65. The van der Waals surface area contributed by atoms with Crippen molar-refractivity contribution in [2.24, 2.45) is 0 Å². The van der Waals surface area contributed by atoms with Crippen molar-refractivity contribution < 1.29 is 9.84 Å². The predicted molar refractivity (Wildman–Crippen MR) is 53.9 cm³/mol. The number of aliphatic hydroxyl groups excluding tert-OH is 1. The second kappa shape index (κ2) is 4.55. The van der Waals surface area contributed by atoms with Gasteiger partial charge in [0, 0.05) is 0 Å². The number of benzene rings is 1. The lowest BCUT2D eigenvalue weighted by molar-refractivity contribution is 0.340. The first-order valence-electron chi connectivity index (χ1n) is 4.32. The molecule has 2 heteroatoms. The van der Waals surface area contributed by atoms with Crippen LogP contribution in [0.15, 0.2) is 30.5 Å². The zero-order chi connectivity index (χ0) is 9.68. The van der Waals surface area contributed by atoms with Gasteiger partial charge in [0.15, 0.2) is 0 Å². The highest BCUT2D eigenvalue weighted by molar-refractivity contribution is 5.62. The minimum Gasteiger partial charge on any atom is -0.515 e. The summed E-state index contributed by atoms with van der Waals surface area (Å²) >= 11 is 0. The Morgan fingerprint density at radius 3 is 2.46 bits per heavy atom. The molecule has 1 N–H and O–H groups in total. The average Bonchev–Trinajstić information content (AvgIpc) is 2.18. The smallest absolute Gasteiger partial charge is 0.119 e. The van der Waals surface area contributed by atoms with E-state index in [2.05, 4.69) is 0 Å². The summed E-state index contributed by atoms with van der Waals surface area (Å²) in [6.07, 6.45) is 1.11. The fourth-order valence-electron chi connectivity index (χ4n) is 1.06. The molecular formula is C11H14O2. The molecule has 0 aromatic heterocycles. The summed E-state index contributed by atoms with van der Waals surface area (Å²) in [5, 5.41) is 8.77. The lowest BCUT2D eigenvalue weighted by Gasteiger charge is -2.04. The van der Waals surface area contributed by atoms with E-state index >= 15 is 0 Å². The van der Waals surface area contributed by atoms with Crippen LogP contribution in [0.25, 0.3) is 5.57 Å². The third-order valence-corrected chi connectivity index (χ3v) is 1.81. The summed E-state index contributed by atoms with van der Waals surface area (Å²) in [6, 6.07) is 7.64. The normalized spacial score (nSPS) is 11.4. The highest BCUT2D eigenvalue weighted by Crippen LogP contribution is 2.17. The maximum atomic E-state index is 8.77. The Morgan fingerprint density at radius 2 is 2.00 bits per heavy atom. The summed E-state index contributed by atoms with van der Waals surface area (Å²) in [7, 11) is 0. The predicted octanol–water partition coefficient (Wildman–Crippen LogP) is 3.00. The van der Waals surface area contributed by atoms with Gasteiger partial charge in [-0.05, 0) is 37.1 Å². The topological polar surface area (TPSA) is 29.5 Å². The number of hydrogen-bond acceptors (Lipinski definition) is 2. The van der Waals surface area contributed by atoms with Gasteiger partial charge in [0.1, 0.15) is 5.75 Å². The first-order valence-corrected chi connectivity index (χ1v) is 4.32. The maximum absolute atomic E-state index is 8.77. The first-order chi connectivity index (χ1) is 6.27. The minimum absolute atomic E-state index is 0.675. The Labute approximate surface area is 78.5 Å². The second-order valence-corrected chi connectivity index (χ2v) is 2.77. The Bertz CT molecular complexity index is 285. The second-order valence-electron chi connectivity index (χ2n) is 2.77. The van der Waals surface area contributed by atoms with E-state index in [0.717, 1.165) is 23.1 Å². The molecule has 0 unspecified atom stereocenters. The van der Waals surface area contributed by atoms with Gasteiger partial charge in [-0.1, -0.05) is 12.1 Å². The van der Waals surface area contributed by atoms with E-state index in [1.54, 1.807) is 0 Å². The molecule has 0 aliphatic rings. The van der Waals surface area contributed by atoms with E-state index in [-0.39, 0.29) is 0 Å². The van der Waals surface area contributed by atoms with Crippen LogP contribution in [-0.2, 0) is 0 Å². The molecule has 0 spiro atoms. The van der Waals surface area contributed by atoms with Crippen LogP contribution in [0.4, 0.5) is 0 Å². The van der Waals surface area contributed by atoms with Crippen LogP contribution in [0.5, 0.6) is 5.75 Å². The molecule has 70 valence electrons. The van der Waals surface area contributed by atoms with Gasteiger partial charge in [-0.25, -0.2) is 0 Å². The van der Waals surface area contributed by atoms with E-state index in [1.165, 1.54) is 0 Å². The molecule has 0 aliphatic carbocycles. The molecular weight excluding hydrogens is 164 g/mol. The lowest BCUT2D eigenvalue weighted by Crippen LogP contribution is -1.90. The van der Waals surface area contributed by atoms with Crippen LogP contribution >= 0.6 is 0 Å². The van der Waals surface area contributed by atoms with Crippen LogP contribution in [0.1, 0.15) is 19.4 Å². The van der Waals surface area contributed by atoms with Gasteiger partial charge in [-0.15, -0.1) is 0 Å². The Morgan fingerprint density at radius 1 is 1.38 bits per heavy atom. The van der Waals surface area contributed by atoms with E-state index < -0.39 is 0 Å². The quantitative estimate of drug-likeness (QED) is 0.721. The van der Waals surface area contributed by atoms with Crippen molar-refractivity contribution >= 4 is 5.57 Å². The number of hydrogen-bond donors (Lipinski definition) is 1. The number of aliphatic hydroxyl groups is 1. The van der Waals surface area contributed by atoms with E-state index in [9.17, 15) is 0 Å². The molecule has 1 aromatic carbocycles. The van der Waals surface area contributed by atoms with Crippen LogP contribution < -0.4 is 4.74 Å². The minimum atomic E-state index is 0.675. The van der Waals surface area contributed by atoms with Crippen molar-refractivity contribution in [3.8, 4) is 5.75 Å². The summed E-state index contributed by atoms with van der Waals surface area (Å²) in [5.41, 5.74) is 1.86. The standard InChI is InChI=1S/C11H14O2/c1-3-13-11-6-4-10(5-7-11)9(2)8-12/h4-8,12H,3H2,1-2H3/b9-8-. The molecule has 2 nitrogen and oxygen atoms in total. The van der Waals surface area contributed by atoms with Crippen LogP contribution in [0.3, 0.4) is 0 Å². The SMILES string of the molecule is CCOc1ccc(/C(C)=C\O)cc1. The average molecular weight is 178 g/mol. The van der Waals surface area contributed by atoms with Gasteiger partial charge in [0.2, 0.25) is 0 Å². The van der Waals surface area contributed by atoms with Gasteiger partial charge >= 0.3 is 0 Å². The zero-order valence-corrected chi connectivity index (χ0v) is 7.95. The van der Waals surface area contributed by atoms with E-state index in [0.29, 0.717) is 6.61 Å². The molecule has 0 saturated carbocycles. The third kappa shape index (κ3) is 2.51. The van der Waals surface area contributed by atoms with Crippen molar-refractivity contribution in [3.63, 3.8) is 0 Å². The highest BCUT2D eigenvalue weighted by atomic mass is 16.5. The summed E-state index contributed by atoms with van der Waals surface area (Å²) < 4.78 is 5.29. The fraction of sp³-hybridized carbons (Fsp3) is 0.273. The molecule has 0 atom stereocenters. The monoisotopic (exact) mass is 178 g/mol. The van der Waals surface area contributed by atoms with Gasteiger partial charge in [0.25, 0.3) is 0 Å². The molecule has 0 heterocycles. The van der Waals surface area contributed by atoms with Crippen LogP contribution in [0, 0.1) is 0 Å². The Kier molecular flexibility index (Phi) is 3.38. The molecule has 1 aromatic rings. The largest absolute Gasteiger partial charge is 0.515 e. The maximum Gasteiger partial charge on any atom is 0.119 e. The molecule has 0 aliphatic heterocycles. The van der Waals surface area contributed by atoms with Crippen molar-refractivity contribution in [1.29, 1.82) is 0 Å². The molecule has 0 bridgehead atoms. The van der Waals surface area contributed by atoms with Gasteiger partial charge in [-0.3, -0.25) is 0 Å². The van der Waals surface area contributed by atoms with Crippen molar-refractivity contribution in [2.45, 2.75) is 13.8 Å². The fourth-order valence-corrected chi connectivity index (χ4v) is 1.06. The van der Waals surface area contributed by atoms with Crippen LogP contribution in [0.2, 0.25) is 0 Å². The number of rotatable bonds is 3. The molecule has 0 fully saturated rings. The lowest BCUT2D eigenvalue weighted by atomic mass is 10.1. The van der Waals surface area contributed by atoms with Crippen LogP contribution in [-0.4, -0.2) is 11.7 Å². The van der Waals surface area contributed by atoms with Crippen molar-refractivity contribution in [1.82, 2.24) is 0 Å². The molecule has 1 rings (SSSR count). The van der Waals surface area contributed by atoms with Crippen molar-refractivity contribution in [2.75, 3.05) is 6.61 Å². The summed E-state index contributed by atoms with van der Waals surface area (Å²) in [4.78, 5) is 0. The summed E-state index contributed by atoms with van der Waals surface area (Å²) in [5.74, 6) is 0.858. The molecule has 0 radical (unpaired) electrons. The molecule has 0 amide bonds. The number of ether oxygens (including phenoxy) is 1. The Balaban J connectivity index is 2.81. The van der Waals surface area contributed by atoms with E-state index in [1.807, 2.05) is 38.1 Å². The van der Waals surface area contributed by atoms with Gasteiger partial charge < -0.3 is 9.84 Å². The van der Waals surface area contributed by atoms with Crippen molar-refractivity contribution in [3.05, 3.63) is 36.1 Å².